The molecule has 3 atom stereocenters. The Morgan fingerprint density at radius 1 is 1.59 bits per heavy atom. The molecule has 2 aliphatic rings. The second-order valence-electron chi connectivity index (χ2n) is 4.93. The number of nitrogens with one attached hydrogen (secondary N) is 2. The summed E-state index contributed by atoms with van der Waals surface area (Å²) in [5.41, 5.74) is 1.79. The molecule has 3 rings (SSSR count). The standard InChI is InChI=1S/C12H17N3OS/c16-12(15-6-9-5-13-7-17-9)11-10-3-1-2-8(10)4-14-11/h5,7-8,10-11,14H,1-4,6H2,(H,15,16). The van der Waals surface area contributed by atoms with Gasteiger partial charge in [0.05, 0.1) is 18.1 Å². The van der Waals surface area contributed by atoms with Gasteiger partial charge in [0.15, 0.2) is 0 Å². The Kier molecular flexibility index (Phi) is 3.11. The van der Waals surface area contributed by atoms with Crippen molar-refractivity contribution < 1.29 is 4.79 Å². The van der Waals surface area contributed by atoms with Gasteiger partial charge in [0.25, 0.3) is 0 Å². The summed E-state index contributed by atoms with van der Waals surface area (Å²) < 4.78 is 0. The van der Waals surface area contributed by atoms with Gasteiger partial charge in [-0.25, -0.2) is 0 Å². The van der Waals surface area contributed by atoms with Gasteiger partial charge >= 0.3 is 0 Å². The van der Waals surface area contributed by atoms with Crippen LogP contribution in [0.2, 0.25) is 0 Å². The highest BCUT2D eigenvalue weighted by Gasteiger charge is 2.42. The zero-order valence-electron chi connectivity index (χ0n) is 9.69. The predicted molar refractivity (Wildman–Crippen MR) is 66.6 cm³/mol. The second-order valence-corrected chi connectivity index (χ2v) is 5.90. The SMILES string of the molecule is O=C(NCc1cncs1)C1NCC2CCCC21. The van der Waals surface area contributed by atoms with Gasteiger partial charge in [-0.3, -0.25) is 9.78 Å². The first kappa shape index (κ1) is 11.2. The summed E-state index contributed by atoms with van der Waals surface area (Å²) in [5, 5.41) is 6.37. The molecule has 0 aromatic carbocycles. The van der Waals surface area contributed by atoms with Crippen LogP contribution in [-0.2, 0) is 11.3 Å². The lowest BCUT2D eigenvalue weighted by Gasteiger charge is -2.17. The predicted octanol–water partition coefficient (Wildman–Crippen LogP) is 1.15. The molecule has 0 bridgehead atoms. The Morgan fingerprint density at radius 2 is 2.53 bits per heavy atom. The Labute approximate surface area is 105 Å². The summed E-state index contributed by atoms with van der Waals surface area (Å²) in [5.74, 6) is 1.46. The van der Waals surface area contributed by atoms with Gasteiger partial charge in [0, 0.05) is 11.1 Å². The van der Waals surface area contributed by atoms with Crippen LogP contribution in [0.4, 0.5) is 0 Å². The summed E-state index contributed by atoms with van der Waals surface area (Å²) in [7, 11) is 0. The van der Waals surface area contributed by atoms with E-state index >= 15 is 0 Å². The second kappa shape index (κ2) is 4.74. The fourth-order valence-corrected chi connectivity index (χ4v) is 3.62. The van der Waals surface area contributed by atoms with E-state index in [-0.39, 0.29) is 11.9 Å². The lowest BCUT2D eigenvalue weighted by Crippen LogP contribution is -2.43. The normalized spacial score (nSPS) is 31.4. The van der Waals surface area contributed by atoms with Crippen LogP contribution in [0.3, 0.4) is 0 Å². The summed E-state index contributed by atoms with van der Waals surface area (Å²) >= 11 is 1.58. The van der Waals surface area contributed by atoms with E-state index in [1.807, 2.05) is 6.20 Å². The maximum Gasteiger partial charge on any atom is 0.237 e. The van der Waals surface area contributed by atoms with E-state index in [1.54, 1.807) is 16.8 Å². The van der Waals surface area contributed by atoms with Gasteiger partial charge in [-0.2, -0.15) is 0 Å². The Morgan fingerprint density at radius 3 is 3.35 bits per heavy atom. The minimum atomic E-state index is 0.0374. The van der Waals surface area contributed by atoms with Crippen molar-refractivity contribution in [2.75, 3.05) is 6.54 Å². The number of hydrogen-bond donors (Lipinski definition) is 2. The Hall–Kier alpha value is -0.940. The van der Waals surface area contributed by atoms with E-state index in [2.05, 4.69) is 15.6 Å². The van der Waals surface area contributed by atoms with Crippen LogP contribution in [0.25, 0.3) is 0 Å². The molecule has 2 heterocycles. The van der Waals surface area contributed by atoms with E-state index in [4.69, 9.17) is 0 Å². The fraction of sp³-hybridized carbons (Fsp3) is 0.667. The number of thiazole rings is 1. The molecule has 3 unspecified atom stereocenters. The van der Waals surface area contributed by atoms with Crippen LogP contribution in [0.5, 0.6) is 0 Å². The van der Waals surface area contributed by atoms with Gasteiger partial charge in [-0.05, 0) is 31.2 Å². The number of hydrogen-bond acceptors (Lipinski definition) is 4. The molecule has 17 heavy (non-hydrogen) atoms. The van der Waals surface area contributed by atoms with Crippen LogP contribution < -0.4 is 10.6 Å². The van der Waals surface area contributed by atoms with Gasteiger partial charge in [0.2, 0.25) is 5.91 Å². The number of nitrogens with zero attached hydrogens (tertiary/aromatic N) is 1. The number of fused-ring (bicyclic) bond motifs is 1. The molecule has 0 spiro atoms. The highest BCUT2D eigenvalue weighted by molar-refractivity contribution is 7.09. The molecule has 1 saturated heterocycles. The highest BCUT2D eigenvalue weighted by atomic mass is 32.1. The van der Waals surface area contributed by atoms with E-state index in [0.29, 0.717) is 12.5 Å². The largest absolute Gasteiger partial charge is 0.350 e. The molecule has 1 aromatic rings. The summed E-state index contributed by atoms with van der Waals surface area (Å²) in [6.45, 7) is 1.63. The minimum Gasteiger partial charge on any atom is -0.350 e. The highest BCUT2D eigenvalue weighted by Crippen LogP contribution is 2.37. The third-order valence-electron chi connectivity index (χ3n) is 3.95. The zero-order valence-corrected chi connectivity index (χ0v) is 10.5. The molecule has 0 radical (unpaired) electrons. The molecular formula is C12H17N3OS. The number of amides is 1. The van der Waals surface area contributed by atoms with Gasteiger partial charge < -0.3 is 10.6 Å². The first-order valence-electron chi connectivity index (χ1n) is 6.23. The first-order valence-corrected chi connectivity index (χ1v) is 7.11. The van der Waals surface area contributed by atoms with Crippen LogP contribution in [0, 0.1) is 11.8 Å². The minimum absolute atomic E-state index is 0.0374. The smallest absolute Gasteiger partial charge is 0.237 e. The molecule has 1 amide bonds. The van der Waals surface area contributed by atoms with Gasteiger partial charge in [0.1, 0.15) is 0 Å². The van der Waals surface area contributed by atoms with Gasteiger partial charge in [-0.15, -0.1) is 11.3 Å². The van der Waals surface area contributed by atoms with Crippen LogP contribution in [0.15, 0.2) is 11.7 Å². The van der Waals surface area contributed by atoms with E-state index in [9.17, 15) is 4.79 Å². The molecule has 4 nitrogen and oxygen atoms in total. The lowest BCUT2D eigenvalue weighted by atomic mass is 9.94. The molecule has 1 saturated carbocycles. The van der Waals surface area contributed by atoms with Gasteiger partial charge in [-0.1, -0.05) is 6.42 Å². The molecule has 1 aliphatic heterocycles. The van der Waals surface area contributed by atoms with Crippen molar-refractivity contribution in [2.45, 2.75) is 31.8 Å². The van der Waals surface area contributed by atoms with Crippen molar-refractivity contribution in [3.63, 3.8) is 0 Å². The number of carbonyl (C=O) groups is 1. The molecule has 1 aromatic heterocycles. The van der Waals surface area contributed by atoms with Crippen molar-refractivity contribution in [3.05, 3.63) is 16.6 Å². The average Bonchev–Trinajstić information content (AvgIpc) is 3.02. The van der Waals surface area contributed by atoms with E-state index in [0.717, 1.165) is 17.3 Å². The molecule has 2 fully saturated rings. The first-order chi connectivity index (χ1) is 8.34. The van der Waals surface area contributed by atoms with Crippen molar-refractivity contribution >= 4 is 17.2 Å². The molecular weight excluding hydrogens is 234 g/mol. The Balaban J connectivity index is 1.55. The molecule has 92 valence electrons. The van der Waals surface area contributed by atoms with Crippen LogP contribution in [-0.4, -0.2) is 23.5 Å². The molecule has 5 heteroatoms. The Bertz CT molecular complexity index is 392. The maximum atomic E-state index is 12.1. The molecule has 2 N–H and O–H groups in total. The van der Waals surface area contributed by atoms with E-state index in [1.165, 1.54) is 19.3 Å². The topological polar surface area (TPSA) is 54.0 Å². The maximum absolute atomic E-state index is 12.1. The lowest BCUT2D eigenvalue weighted by molar-refractivity contribution is -0.123. The van der Waals surface area contributed by atoms with Crippen molar-refractivity contribution in [3.8, 4) is 0 Å². The third-order valence-corrected chi connectivity index (χ3v) is 4.73. The quantitative estimate of drug-likeness (QED) is 0.847. The number of aromatic nitrogens is 1. The average molecular weight is 251 g/mol. The van der Waals surface area contributed by atoms with Crippen LogP contribution in [0.1, 0.15) is 24.1 Å². The number of carbonyl (C=O) groups excluding carboxylic acids is 1. The monoisotopic (exact) mass is 251 g/mol. The van der Waals surface area contributed by atoms with E-state index < -0.39 is 0 Å². The van der Waals surface area contributed by atoms with Crippen molar-refractivity contribution in [1.29, 1.82) is 0 Å². The van der Waals surface area contributed by atoms with Crippen molar-refractivity contribution in [2.24, 2.45) is 11.8 Å². The molecule has 1 aliphatic carbocycles. The third kappa shape index (κ3) is 2.21. The summed E-state index contributed by atoms with van der Waals surface area (Å²) in [6.07, 6.45) is 5.59. The summed E-state index contributed by atoms with van der Waals surface area (Å²) in [4.78, 5) is 17.2. The van der Waals surface area contributed by atoms with Crippen LogP contribution >= 0.6 is 11.3 Å². The fourth-order valence-electron chi connectivity index (χ4n) is 3.09. The number of rotatable bonds is 3. The summed E-state index contributed by atoms with van der Waals surface area (Å²) in [6, 6.07) is 0.0374. The van der Waals surface area contributed by atoms with Crippen molar-refractivity contribution in [1.82, 2.24) is 15.6 Å². The zero-order chi connectivity index (χ0) is 11.7.